The van der Waals surface area contributed by atoms with E-state index in [2.05, 4.69) is 15.9 Å². The van der Waals surface area contributed by atoms with Crippen LogP contribution in [0.1, 0.15) is 0 Å². The van der Waals surface area contributed by atoms with Crippen molar-refractivity contribution in [3.63, 3.8) is 0 Å². The highest BCUT2D eigenvalue weighted by Crippen LogP contribution is 2.02. The summed E-state index contributed by atoms with van der Waals surface area (Å²) >= 11 is 0. The maximum absolute atomic E-state index is 11.0. The molecule has 1 rings (SSSR count). The van der Waals surface area contributed by atoms with E-state index in [0.717, 1.165) is 0 Å². The van der Waals surface area contributed by atoms with Crippen molar-refractivity contribution in [2.75, 3.05) is 7.05 Å². The third kappa shape index (κ3) is 1.75. The van der Waals surface area contributed by atoms with E-state index < -0.39 is 10.0 Å². The van der Waals surface area contributed by atoms with Crippen molar-refractivity contribution in [1.29, 1.82) is 0 Å². The van der Waals surface area contributed by atoms with Crippen LogP contribution in [0, 0.1) is 6.20 Å². The van der Waals surface area contributed by atoms with E-state index in [-0.39, 0.29) is 4.90 Å². The first-order chi connectivity index (χ1) is 5.17. The Morgan fingerprint density at radius 1 is 1.64 bits per heavy atom. The van der Waals surface area contributed by atoms with E-state index in [1.54, 1.807) is 0 Å². The van der Waals surface area contributed by atoms with E-state index in [9.17, 15) is 8.42 Å². The van der Waals surface area contributed by atoms with Gasteiger partial charge in [0.2, 0.25) is 10.0 Å². The second-order valence-corrected chi connectivity index (χ2v) is 3.72. The number of hydrogen-bond donors (Lipinski definition) is 1. The third-order valence-corrected chi connectivity index (χ3v) is 2.57. The van der Waals surface area contributed by atoms with Gasteiger partial charge in [0.1, 0.15) is 4.90 Å². The Kier molecular flexibility index (Phi) is 2.21. The molecule has 0 aliphatic heterocycles. The van der Waals surface area contributed by atoms with E-state index >= 15 is 0 Å². The Balaban J connectivity index is 3.14. The van der Waals surface area contributed by atoms with Crippen LogP contribution in [-0.2, 0) is 10.0 Å². The van der Waals surface area contributed by atoms with Gasteiger partial charge in [0, 0.05) is 6.20 Å². The van der Waals surface area contributed by atoms with Crippen molar-refractivity contribution >= 4 is 10.0 Å². The van der Waals surface area contributed by atoms with Gasteiger partial charge in [0.05, 0.1) is 6.20 Å². The average molecular weight is 171 g/mol. The summed E-state index contributed by atoms with van der Waals surface area (Å²) in [5.74, 6) is 0. The number of aromatic nitrogens is 1. The predicted octanol–water partition coefficient (Wildman–Crippen LogP) is -0.210. The number of nitrogens with zero attached hydrogens (tertiary/aromatic N) is 1. The SMILES string of the molecule is CNS(=O)(=O)c1cc[c]nc1. The van der Waals surface area contributed by atoms with Gasteiger partial charge in [-0.1, -0.05) is 0 Å². The lowest BCUT2D eigenvalue weighted by Gasteiger charge is -1.98. The average Bonchev–Trinajstić information content (AvgIpc) is 2.06. The van der Waals surface area contributed by atoms with Gasteiger partial charge in [-0.3, -0.25) is 4.98 Å². The third-order valence-electron chi connectivity index (χ3n) is 1.17. The second-order valence-electron chi connectivity index (χ2n) is 1.83. The summed E-state index contributed by atoms with van der Waals surface area (Å²) in [4.78, 5) is 3.71. The largest absolute Gasteiger partial charge is 0.253 e. The van der Waals surface area contributed by atoms with Crippen molar-refractivity contribution in [3.8, 4) is 0 Å². The smallest absolute Gasteiger partial charge is 0.241 e. The molecule has 0 fully saturated rings. The van der Waals surface area contributed by atoms with Crippen molar-refractivity contribution < 1.29 is 8.42 Å². The fourth-order valence-corrected chi connectivity index (χ4v) is 1.26. The van der Waals surface area contributed by atoms with Crippen molar-refractivity contribution in [1.82, 2.24) is 9.71 Å². The minimum absolute atomic E-state index is 0.152. The molecular formula is C6H7N2O2S. The van der Waals surface area contributed by atoms with Crippen molar-refractivity contribution in [3.05, 3.63) is 24.5 Å². The normalized spacial score (nSPS) is 11.4. The lowest BCUT2D eigenvalue weighted by molar-refractivity contribution is 0.588. The van der Waals surface area contributed by atoms with Crippen LogP contribution in [-0.4, -0.2) is 20.4 Å². The minimum atomic E-state index is -3.33. The Hall–Kier alpha value is -0.940. The van der Waals surface area contributed by atoms with Gasteiger partial charge in [-0.2, -0.15) is 0 Å². The lowest BCUT2D eigenvalue weighted by atomic mass is 10.5. The van der Waals surface area contributed by atoms with Crippen molar-refractivity contribution in [2.24, 2.45) is 0 Å². The second kappa shape index (κ2) is 2.98. The number of hydrogen-bond acceptors (Lipinski definition) is 3. The quantitative estimate of drug-likeness (QED) is 0.669. The first kappa shape index (κ1) is 8.16. The molecular weight excluding hydrogens is 164 g/mol. The van der Waals surface area contributed by atoms with Crippen LogP contribution < -0.4 is 4.72 Å². The van der Waals surface area contributed by atoms with E-state index in [1.807, 2.05) is 0 Å². The molecule has 1 aromatic heterocycles. The molecule has 4 nitrogen and oxygen atoms in total. The number of rotatable bonds is 2. The minimum Gasteiger partial charge on any atom is -0.253 e. The van der Waals surface area contributed by atoms with Crippen LogP contribution in [0.5, 0.6) is 0 Å². The Morgan fingerprint density at radius 2 is 2.36 bits per heavy atom. The summed E-state index contributed by atoms with van der Waals surface area (Å²) < 4.78 is 24.2. The van der Waals surface area contributed by atoms with Gasteiger partial charge in [0.25, 0.3) is 0 Å². The lowest BCUT2D eigenvalue weighted by Crippen LogP contribution is -2.18. The van der Waals surface area contributed by atoms with Crippen LogP contribution in [0.2, 0.25) is 0 Å². The summed E-state index contributed by atoms with van der Waals surface area (Å²) in [5.41, 5.74) is 0. The van der Waals surface area contributed by atoms with Gasteiger partial charge in [-0.25, -0.2) is 13.1 Å². The molecule has 0 unspecified atom stereocenters. The maximum atomic E-state index is 11.0. The first-order valence-electron chi connectivity index (χ1n) is 2.92. The molecule has 0 aliphatic rings. The fraction of sp³-hybridized carbons (Fsp3) is 0.167. The molecule has 0 atom stereocenters. The molecule has 5 heteroatoms. The summed E-state index contributed by atoms with van der Waals surface area (Å²) in [6.45, 7) is 0. The maximum Gasteiger partial charge on any atom is 0.241 e. The van der Waals surface area contributed by atoms with E-state index in [0.29, 0.717) is 0 Å². The zero-order valence-corrected chi connectivity index (χ0v) is 6.72. The van der Waals surface area contributed by atoms with Gasteiger partial charge >= 0.3 is 0 Å². The molecule has 0 saturated carbocycles. The molecule has 1 radical (unpaired) electrons. The Morgan fingerprint density at radius 3 is 2.82 bits per heavy atom. The molecule has 1 N–H and O–H groups in total. The summed E-state index contributed by atoms with van der Waals surface area (Å²) in [7, 11) is -1.98. The van der Waals surface area contributed by atoms with Crippen molar-refractivity contribution in [2.45, 2.75) is 4.90 Å². The van der Waals surface area contributed by atoms with Crippen LogP contribution >= 0.6 is 0 Å². The van der Waals surface area contributed by atoms with Gasteiger partial charge in [0.15, 0.2) is 0 Å². The highest BCUT2D eigenvalue weighted by atomic mass is 32.2. The molecule has 0 aliphatic carbocycles. The topological polar surface area (TPSA) is 59.1 Å². The monoisotopic (exact) mass is 171 g/mol. The van der Waals surface area contributed by atoms with Crippen LogP contribution in [0.4, 0.5) is 0 Å². The molecule has 59 valence electrons. The summed E-state index contributed by atoms with van der Waals surface area (Å²) in [6.07, 6.45) is 3.73. The Bertz CT molecular complexity index is 320. The molecule has 0 amide bonds. The molecule has 1 heterocycles. The zero-order chi connectivity index (χ0) is 8.32. The van der Waals surface area contributed by atoms with Crippen LogP contribution in [0.15, 0.2) is 23.2 Å². The standard InChI is InChI=1S/C6H7N2O2S/c1-7-11(9,10)6-3-2-4-8-5-6/h2-3,5,7H,1H3. The van der Waals surface area contributed by atoms with E-state index in [4.69, 9.17) is 0 Å². The van der Waals surface area contributed by atoms with E-state index in [1.165, 1.54) is 25.4 Å². The molecule has 11 heavy (non-hydrogen) atoms. The van der Waals surface area contributed by atoms with Gasteiger partial charge < -0.3 is 0 Å². The molecule has 0 aromatic carbocycles. The zero-order valence-electron chi connectivity index (χ0n) is 5.90. The van der Waals surface area contributed by atoms with Gasteiger partial charge in [-0.05, 0) is 19.2 Å². The van der Waals surface area contributed by atoms with Crippen LogP contribution in [0.25, 0.3) is 0 Å². The number of pyridine rings is 1. The highest BCUT2D eigenvalue weighted by Gasteiger charge is 2.09. The van der Waals surface area contributed by atoms with Gasteiger partial charge in [-0.15, -0.1) is 0 Å². The Labute approximate surface area is 65.3 Å². The first-order valence-corrected chi connectivity index (χ1v) is 4.41. The molecule has 0 saturated heterocycles. The van der Waals surface area contributed by atoms with Crippen LogP contribution in [0.3, 0.4) is 0 Å². The molecule has 1 aromatic rings. The molecule has 0 bridgehead atoms. The number of sulfonamides is 1. The highest BCUT2D eigenvalue weighted by molar-refractivity contribution is 7.89. The predicted molar refractivity (Wildman–Crippen MR) is 39.3 cm³/mol. The fourth-order valence-electron chi connectivity index (χ4n) is 0.583. The summed E-state index contributed by atoms with van der Waals surface area (Å²) in [6, 6.07) is 2.88. The molecule has 0 spiro atoms. The number of nitrogens with one attached hydrogen (secondary N) is 1. The summed E-state index contributed by atoms with van der Waals surface area (Å²) in [5, 5.41) is 0.